The minimum Gasteiger partial charge on any atom is -0.494 e. The van der Waals surface area contributed by atoms with E-state index in [1.165, 1.54) is 0 Å². The number of carbonyl (C=O) groups is 1. The van der Waals surface area contributed by atoms with E-state index in [2.05, 4.69) is 5.32 Å². The molecule has 1 aliphatic heterocycles. The van der Waals surface area contributed by atoms with Gasteiger partial charge in [-0.25, -0.2) is 0 Å². The first-order valence-electron chi connectivity index (χ1n) is 7.52. The number of hydrogen-bond acceptors (Lipinski definition) is 3. The molecule has 1 heterocycles. The Balaban J connectivity index is 2.01. The van der Waals surface area contributed by atoms with Gasteiger partial charge in [0.1, 0.15) is 5.75 Å². The van der Waals surface area contributed by atoms with E-state index < -0.39 is 0 Å². The molecule has 1 N–H and O–H groups in total. The molecule has 116 valence electrons. The molecule has 0 unspecified atom stereocenters. The van der Waals surface area contributed by atoms with Crippen LogP contribution in [-0.2, 0) is 11.2 Å². The molecule has 0 aliphatic carbocycles. The summed E-state index contributed by atoms with van der Waals surface area (Å²) in [6.45, 7) is 7.89. The summed E-state index contributed by atoms with van der Waals surface area (Å²) >= 11 is 6.19. The van der Waals surface area contributed by atoms with Gasteiger partial charge in [-0.1, -0.05) is 11.6 Å². The van der Waals surface area contributed by atoms with Gasteiger partial charge in [-0.3, -0.25) is 4.79 Å². The van der Waals surface area contributed by atoms with Crippen molar-refractivity contribution in [3.63, 3.8) is 0 Å². The van der Waals surface area contributed by atoms with Crippen molar-refractivity contribution in [3.8, 4) is 5.75 Å². The number of ether oxygens (including phenoxy) is 1. The Hall–Kier alpha value is -1.26. The Morgan fingerprint density at radius 2 is 2.10 bits per heavy atom. The smallest absolute Gasteiger partial charge is 0.222 e. The first-order chi connectivity index (χ1) is 10.1. The van der Waals surface area contributed by atoms with Crippen molar-refractivity contribution < 1.29 is 9.53 Å². The van der Waals surface area contributed by atoms with Crippen LogP contribution in [0.3, 0.4) is 0 Å². The lowest BCUT2D eigenvalue weighted by molar-refractivity contribution is -0.131. The monoisotopic (exact) mass is 310 g/mol. The number of nitrogens with zero attached hydrogens (tertiary/aromatic N) is 1. The summed E-state index contributed by atoms with van der Waals surface area (Å²) in [6.07, 6.45) is 1.16. The van der Waals surface area contributed by atoms with E-state index in [-0.39, 0.29) is 5.91 Å². The molecule has 0 saturated carbocycles. The van der Waals surface area contributed by atoms with Crippen LogP contribution in [0.15, 0.2) is 12.1 Å². The lowest BCUT2D eigenvalue weighted by Gasteiger charge is -2.27. The molecule has 1 aliphatic rings. The van der Waals surface area contributed by atoms with Gasteiger partial charge in [-0.15, -0.1) is 0 Å². The maximum Gasteiger partial charge on any atom is 0.222 e. The third-order valence-corrected chi connectivity index (χ3v) is 4.13. The second-order valence-electron chi connectivity index (χ2n) is 5.27. The van der Waals surface area contributed by atoms with Crippen LogP contribution in [0.2, 0.25) is 5.02 Å². The second kappa shape index (κ2) is 7.66. The predicted molar refractivity (Wildman–Crippen MR) is 85.1 cm³/mol. The Bertz CT molecular complexity index is 499. The lowest BCUT2D eigenvalue weighted by atomic mass is 10.1. The largest absolute Gasteiger partial charge is 0.494 e. The molecule has 0 radical (unpaired) electrons. The summed E-state index contributed by atoms with van der Waals surface area (Å²) in [7, 11) is 0. The number of hydrogen-bond donors (Lipinski definition) is 1. The molecular formula is C16H23ClN2O2. The van der Waals surface area contributed by atoms with Crippen LogP contribution in [0.1, 0.15) is 24.5 Å². The van der Waals surface area contributed by atoms with E-state index in [1.807, 2.05) is 30.9 Å². The van der Waals surface area contributed by atoms with E-state index in [1.54, 1.807) is 0 Å². The molecule has 0 bridgehead atoms. The maximum absolute atomic E-state index is 12.2. The summed E-state index contributed by atoms with van der Waals surface area (Å²) in [5.74, 6) is 1.04. The standard InChI is InChI=1S/C16H23ClN2O2/c1-3-21-15-10-12(2)14(17)11-13(15)4-5-16(20)19-8-6-18-7-9-19/h10-11,18H,3-9H2,1-2H3. The van der Waals surface area contributed by atoms with Gasteiger partial charge in [0.2, 0.25) is 5.91 Å². The van der Waals surface area contributed by atoms with Crippen molar-refractivity contribution in [2.24, 2.45) is 0 Å². The minimum absolute atomic E-state index is 0.204. The van der Waals surface area contributed by atoms with Crippen LogP contribution in [0.4, 0.5) is 0 Å². The van der Waals surface area contributed by atoms with Crippen molar-refractivity contribution in [2.45, 2.75) is 26.7 Å². The summed E-state index contributed by atoms with van der Waals surface area (Å²) in [4.78, 5) is 14.1. The number of halogens is 1. The first-order valence-corrected chi connectivity index (χ1v) is 7.90. The minimum atomic E-state index is 0.204. The summed E-state index contributed by atoms with van der Waals surface area (Å²) in [5.41, 5.74) is 2.01. The first kappa shape index (κ1) is 16.1. The topological polar surface area (TPSA) is 41.6 Å². The zero-order valence-electron chi connectivity index (χ0n) is 12.7. The quantitative estimate of drug-likeness (QED) is 0.908. The molecule has 0 aromatic heterocycles. The molecule has 4 nitrogen and oxygen atoms in total. The van der Waals surface area contributed by atoms with Gasteiger partial charge in [-0.2, -0.15) is 0 Å². The molecule has 2 rings (SSSR count). The third-order valence-electron chi connectivity index (χ3n) is 3.72. The summed E-state index contributed by atoms with van der Waals surface area (Å²) in [5, 5.41) is 3.98. The molecule has 5 heteroatoms. The molecule has 1 aromatic rings. The van der Waals surface area contributed by atoms with Crippen LogP contribution >= 0.6 is 11.6 Å². The van der Waals surface area contributed by atoms with E-state index >= 15 is 0 Å². The van der Waals surface area contributed by atoms with Crippen LogP contribution < -0.4 is 10.1 Å². The van der Waals surface area contributed by atoms with E-state index in [4.69, 9.17) is 16.3 Å². The summed E-state index contributed by atoms with van der Waals surface area (Å²) < 4.78 is 5.66. The zero-order chi connectivity index (χ0) is 15.2. The van der Waals surface area contributed by atoms with Gasteiger partial charge in [0.15, 0.2) is 0 Å². The number of nitrogens with one attached hydrogen (secondary N) is 1. The van der Waals surface area contributed by atoms with E-state index in [9.17, 15) is 4.79 Å². The van der Waals surface area contributed by atoms with E-state index in [0.717, 1.165) is 48.1 Å². The number of aryl methyl sites for hydroxylation is 2. The second-order valence-corrected chi connectivity index (χ2v) is 5.68. The maximum atomic E-state index is 12.2. The van der Waals surface area contributed by atoms with Crippen molar-refractivity contribution >= 4 is 17.5 Å². The predicted octanol–water partition coefficient (Wildman–Crippen LogP) is 2.41. The number of piperazine rings is 1. The van der Waals surface area contributed by atoms with Gasteiger partial charge in [0, 0.05) is 37.6 Å². The molecular weight excluding hydrogens is 288 g/mol. The highest BCUT2D eigenvalue weighted by atomic mass is 35.5. The van der Waals surface area contributed by atoms with Crippen molar-refractivity contribution in [2.75, 3.05) is 32.8 Å². The Morgan fingerprint density at radius 1 is 1.38 bits per heavy atom. The zero-order valence-corrected chi connectivity index (χ0v) is 13.5. The van der Waals surface area contributed by atoms with E-state index in [0.29, 0.717) is 19.4 Å². The molecule has 0 spiro atoms. The fourth-order valence-corrected chi connectivity index (χ4v) is 2.68. The molecule has 21 heavy (non-hydrogen) atoms. The SMILES string of the molecule is CCOc1cc(C)c(Cl)cc1CCC(=O)N1CCNCC1. The molecule has 0 atom stereocenters. The molecule has 1 aromatic carbocycles. The van der Waals surface area contributed by atoms with Crippen LogP contribution in [0.5, 0.6) is 5.75 Å². The third kappa shape index (κ3) is 4.35. The normalized spacial score (nSPS) is 15.1. The number of amides is 1. The fourth-order valence-electron chi connectivity index (χ4n) is 2.50. The van der Waals surface area contributed by atoms with Crippen LogP contribution in [-0.4, -0.2) is 43.6 Å². The van der Waals surface area contributed by atoms with Gasteiger partial charge in [0.25, 0.3) is 0 Å². The molecule has 1 saturated heterocycles. The number of benzene rings is 1. The van der Waals surface area contributed by atoms with Crippen molar-refractivity contribution in [3.05, 3.63) is 28.3 Å². The van der Waals surface area contributed by atoms with Gasteiger partial charge in [-0.05, 0) is 43.5 Å². The highest BCUT2D eigenvalue weighted by Gasteiger charge is 2.17. The Morgan fingerprint density at radius 3 is 2.76 bits per heavy atom. The molecule has 1 amide bonds. The van der Waals surface area contributed by atoms with Gasteiger partial charge in [0.05, 0.1) is 6.61 Å². The lowest BCUT2D eigenvalue weighted by Crippen LogP contribution is -2.46. The van der Waals surface area contributed by atoms with Crippen molar-refractivity contribution in [1.29, 1.82) is 0 Å². The highest BCUT2D eigenvalue weighted by Crippen LogP contribution is 2.28. The Kier molecular flexibility index (Phi) is 5.88. The average Bonchev–Trinajstić information content (AvgIpc) is 2.50. The average molecular weight is 311 g/mol. The van der Waals surface area contributed by atoms with Gasteiger partial charge < -0.3 is 15.0 Å². The molecule has 1 fully saturated rings. The van der Waals surface area contributed by atoms with Crippen LogP contribution in [0.25, 0.3) is 0 Å². The van der Waals surface area contributed by atoms with Gasteiger partial charge >= 0.3 is 0 Å². The number of carbonyl (C=O) groups excluding carboxylic acids is 1. The van der Waals surface area contributed by atoms with Crippen LogP contribution in [0, 0.1) is 6.92 Å². The Labute approximate surface area is 131 Å². The fraction of sp³-hybridized carbons (Fsp3) is 0.562. The number of rotatable bonds is 5. The summed E-state index contributed by atoms with van der Waals surface area (Å²) in [6, 6.07) is 3.88. The van der Waals surface area contributed by atoms with Crippen molar-refractivity contribution in [1.82, 2.24) is 10.2 Å². The highest BCUT2D eigenvalue weighted by molar-refractivity contribution is 6.31.